The third-order valence-corrected chi connectivity index (χ3v) is 5.40. The van der Waals surface area contributed by atoms with E-state index in [4.69, 9.17) is 25.4 Å². The molecule has 0 radical (unpaired) electrons. The zero-order valence-electron chi connectivity index (χ0n) is 20.0. The van der Waals surface area contributed by atoms with E-state index >= 15 is 0 Å². The molecule has 1 aliphatic heterocycles. The van der Waals surface area contributed by atoms with Crippen molar-refractivity contribution in [2.75, 3.05) is 13.4 Å². The number of aromatic nitrogens is 1. The highest BCUT2D eigenvalue weighted by atomic mass is 16.7. The van der Waals surface area contributed by atoms with Gasteiger partial charge >= 0.3 is 11.9 Å². The van der Waals surface area contributed by atoms with Gasteiger partial charge in [-0.05, 0) is 63.6 Å². The maximum absolute atomic E-state index is 12.2. The monoisotopic (exact) mass is 482 g/mol. The minimum Gasteiger partial charge on any atom is -0.491 e. The summed E-state index contributed by atoms with van der Waals surface area (Å²) in [5.74, 6) is -1.25. The number of ether oxygens (including phenoxy) is 3. The van der Waals surface area contributed by atoms with Crippen LogP contribution in [0.1, 0.15) is 39.2 Å². The molecular formula is C25H30N4O6. The second-order valence-electron chi connectivity index (χ2n) is 9.34. The van der Waals surface area contributed by atoms with Gasteiger partial charge in [0.2, 0.25) is 12.7 Å². The fourth-order valence-corrected chi connectivity index (χ4v) is 3.38. The van der Waals surface area contributed by atoms with E-state index in [-0.39, 0.29) is 30.8 Å². The number of esters is 2. The Hall–Kier alpha value is -3.95. The minimum absolute atomic E-state index is 0.0347. The van der Waals surface area contributed by atoms with Crippen molar-refractivity contribution in [1.82, 2.24) is 10.3 Å². The highest BCUT2D eigenvalue weighted by Gasteiger charge is 2.34. The smallest absolute Gasteiger partial charge is 0.314 e. The van der Waals surface area contributed by atoms with Crippen LogP contribution in [0.25, 0.3) is 11.3 Å². The number of rotatable bonds is 9. The lowest BCUT2D eigenvalue weighted by Crippen LogP contribution is -2.31. The second kappa shape index (κ2) is 11.0. The third kappa shape index (κ3) is 7.26. The first-order valence-corrected chi connectivity index (χ1v) is 11.2. The topological polar surface area (TPSA) is 154 Å². The quantitative estimate of drug-likeness (QED) is 0.213. The number of benzene rings is 1. The van der Waals surface area contributed by atoms with Gasteiger partial charge in [-0.15, -0.1) is 0 Å². The van der Waals surface area contributed by atoms with E-state index in [0.29, 0.717) is 17.7 Å². The normalized spacial score (nSPS) is 17.4. The Labute approximate surface area is 203 Å². The van der Waals surface area contributed by atoms with Gasteiger partial charge in [-0.2, -0.15) is 0 Å². The molecule has 0 unspecified atom stereocenters. The van der Waals surface area contributed by atoms with Crippen molar-refractivity contribution in [1.29, 1.82) is 5.41 Å². The van der Waals surface area contributed by atoms with Gasteiger partial charge in [0, 0.05) is 17.3 Å². The summed E-state index contributed by atoms with van der Waals surface area (Å²) in [7, 11) is 0. The van der Waals surface area contributed by atoms with Crippen LogP contribution in [0.3, 0.4) is 0 Å². The van der Waals surface area contributed by atoms with Crippen molar-refractivity contribution in [2.45, 2.75) is 39.7 Å². The molecule has 2 aromatic rings. The molecule has 2 heterocycles. The molecule has 3 rings (SSSR count). The summed E-state index contributed by atoms with van der Waals surface area (Å²) in [6, 6.07) is 10.6. The van der Waals surface area contributed by atoms with E-state index in [1.807, 2.05) is 12.1 Å². The fourth-order valence-electron chi connectivity index (χ4n) is 3.38. The summed E-state index contributed by atoms with van der Waals surface area (Å²) in [6.45, 7) is 4.88. The van der Waals surface area contributed by atoms with Crippen molar-refractivity contribution in [3.05, 3.63) is 48.2 Å². The lowest BCUT2D eigenvalue weighted by molar-refractivity contribution is -0.173. The number of pyridine rings is 1. The molecule has 10 nitrogen and oxygen atoms in total. The number of nitrogens with two attached hydrogens (primary N) is 1. The van der Waals surface area contributed by atoms with Crippen LogP contribution in [0, 0.1) is 16.7 Å². The molecule has 1 aromatic heterocycles. The van der Waals surface area contributed by atoms with Gasteiger partial charge in [0.15, 0.2) is 0 Å². The van der Waals surface area contributed by atoms with Gasteiger partial charge in [-0.3, -0.25) is 24.8 Å². The number of carbonyl (C=O) groups excluding carboxylic acids is 3. The summed E-state index contributed by atoms with van der Waals surface area (Å²) >= 11 is 0. The summed E-state index contributed by atoms with van der Waals surface area (Å²) in [4.78, 5) is 40.3. The number of carbonyl (C=O) groups is 3. The van der Waals surface area contributed by atoms with Gasteiger partial charge < -0.3 is 25.3 Å². The van der Waals surface area contributed by atoms with Crippen molar-refractivity contribution < 1.29 is 28.6 Å². The summed E-state index contributed by atoms with van der Waals surface area (Å²) in [6.07, 6.45) is 1.88. The molecule has 0 bridgehead atoms. The largest absolute Gasteiger partial charge is 0.491 e. The van der Waals surface area contributed by atoms with Crippen LogP contribution in [0.15, 0.2) is 42.6 Å². The first-order chi connectivity index (χ1) is 16.5. The molecule has 4 N–H and O–H groups in total. The Morgan fingerprint density at radius 3 is 2.46 bits per heavy atom. The van der Waals surface area contributed by atoms with E-state index in [9.17, 15) is 14.4 Å². The average Bonchev–Trinajstić information content (AvgIpc) is 3.16. The van der Waals surface area contributed by atoms with Crippen LogP contribution in [0.5, 0.6) is 5.75 Å². The molecule has 1 aromatic carbocycles. The first kappa shape index (κ1) is 25.7. The number of nitrogen functional groups attached to an aromatic ring is 1. The highest BCUT2D eigenvalue weighted by Crippen LogP contribution is 2.23. The molecule has 0 saturated carbocycles. The van der Waals surface area contributed by atoms with Crippen molar-refractivity contribution in [2.24, 2.45) is 17.1 Å². The number of amidine groups is 1. The van der Waals surface area contributed by atoms with Crippen molar-refractivity contribution in [3.8, 4) is 17.0 Å². The predicted molar refractivity (Wildman–Crippen MR) is 127 cm³/mol. The highest BCUT2D eigenvalue weighted by molar-refractivity contribution is 5.94. The van der Waals surface area contributed by atoms with E-state index < -0.39 is 30.1 Å². The van der Waals surface area contributed by atoms with Gasteiger partial charge in [0.25, 0.3) is 0 Å². The lowest BCUT2D eigenvalue weighted by Gasteiger charge is -2.16. The second-order valence-corrected chi connectivity index (χ2v) is 9.34. The Morgan fingerprint density at radius 2 is 1.86 bits per heavy atom. The van der Waals surface area contributed by atoms with Crippen LogP contribution >= 0.6 is 0 Å². The van der Waals surface area contributed by atoms with Gasteiger partial charge in [-0.25, -0.2) is 0 Å². The van der Waals surface area contributed by atoms with Gasteiger partial charge in [0.1, 0.15) is 18.2 Å². The minimum atomic E-state index is -0.690. The Bertz CT molecular complexity index is 1080. The SMILES string of the molecule is CC(C)(C)C(=O)OCOC(=O)C[C@@H]1C[C@@H](COc2ccc(-c3ccc(C(=N)N)cn3)cc2)NC1=O. The van der Waals surface area contributed by atoms with E-state index in [0.717, 1.165) is 11.3 Å². The molecular weight excluding hydrogens is 452 g/mol. The van der Waals surface area contributed by atoms with E-state index in [1.165, 1.54) is 0 Å². The zero-order valence-corrected chi connectivity index (χ0v) is 20.0. The molecule has 2 atom stereocenters. The molecule has 10 heteroatoms. The van der Waals surface area contributed by atoms with E-state index in [1.54, 1.807) is 51.2 Å². The average molecular weight is 483 g/mol. The van der Waals surface area contributed by atoms with Crippen LogP contribution in [0.2, 0.25) is 0 Å². The summed E-state index contributed by atoms with van der Waals surface area (Å²) in [5, 5.41) is 10.3. The maximum atomic E-state index is 12.2. The number of nitrogens with zero attached hydrogens (tertiary/aromatic N) is 1. The maximum Gasteiger partial charge on any atom is 0.314 e. The molecule has 1 amide bonds. The van der Waals surface area contributed by atoms with Crippen LogP contribution in [0.4, 0.5) is 0 Å². The first-order valence-electron chi connectivity index (χ1n) is 11.2. The molecule has 186 valence electrons. The molecule has 0 aliphatic carbocycles. The third-order valence-electron chi connectivity index (χ3n) is 5.40. The molecule has 0 spiro atoms. The van der Waals surface area contributed by atoms with Crippen molar-refractivity contribution in [3.63, 3.8) is 0 Å². The number of hydrogen-bond donors (Lipinski definition) is 3. The molecule has 35 heavy (non-hydrogen) atoms. The fraction of sp³-hybridized carbons (Fsp3) is 0.400. The van der Waals surface area contributed by atoms with Crippen LogP contribution < -0.4 is 15.8 Å². The standard InChI is InChI=1S/C25H30N4O6/c1-25(2,3)24(32)35-14-34-21(30)11-17-10-18(29-23(17)31)13-33-19-7-4-15(5-8-19)20-9-6-16(12-28-20)22(26)27/h4-9,12,17-18H,10-11,13-14H2,1-3H3,(H3,26,27)(H,29,31)/t17-,18-/m0/s1. The summed E-state index contributed by atoms with van der Waals surface area (Å²) < 4.78 is 15.6. The number of hydrogen-bond acceptors (Lipinski definition) is 8. The Balaban J connectivity index is 1.43. The number of nitrogens with one attached hydrogen (secondary N) is 2. The number of amides is 1. The predicted octanol–water partition coefficient (Wildman–Crippen LogP) is 2.40. The van der Waals surface area contributed by atoms with Crippen LogP contribution in [-0.2, 0) is 23.9 Å². The van der Waals surface area contributed by atoms with E-state index in [2.05, 4.69) is 10.3 Å². The van der Waals surface area contributed by atoms with Gasteiger partial charge in [-0.1, -0.05) is 0 Å². The summed E-state index contributed by atoms with van der Waals surface area (Å²) in [5.41, 5.74) is 6.95. The molecule has 1 aliphatic rings. The lowest BCUT2D eigenvalue weighted by atomic mass is 9.98. The molecule has 1 saturated heterocycles. The Morgan fingerprint density at radius 1 is 1.14 bits per heavy atom. The van der Waals surface area contributed by atoms with Crippen molar-refractivity contribution >= 4 is 23.7 Å². The Kier molecular flexibility index (Phi) is 8.06. The van der Waals surface area contributed by atoms with Crippen LogP contribution in [-0.4, -0.2) is 48.1 Å². The molecule has 1 fully saturated rings. The zero-order chi connectivity index (χ0) is 25.6. The van der Waals surface area contributed by atoms with Gasteiger partial charge in [0.05, 0.1) is 29.5 Å².